The van der Waals surface area contributed by atoms with Crippen molar-refractivity contribution in [3.63, 3.8) is 0 Å². The molecule has 1 atom stereocenters. The maximum atomic E-state index is 12.5. The SMILES string of the molecule is N[C@@H]1CCCN(C(=O)c2n[nH]c3ccc(Br)cc23)C1. The molecule has 3 N–H and O–H groups in total. The van der Waals surface area contributed by atoms with Crippen LogP contribution in [0, 0.1) is 0 Å². The number of aromatic amines is 1. The van der Waals surface area contributed by atoms with Crippen LogP contribution < -0.4 is 5.73 Å². The van der Waals surface area contributed by atoms with Crippen molar-refractivity contribution in [1.82, 2.24) is 15.1 Å². The molecule has 0 spiro atoms. The van der Waals surface area contributed by atoms with Crippen LogP contribution in [-0.4, -0.2) is 40.1 Å². The zero-order valence-corrected chi connectivity index (χ0v) is 12.0. The molecule has 19 heavy (non-hydrogen) atoms. The molecule has 1 amide bonds. The van der Waals surface area contributed by atoms with Gasteiger partial charge in [-0.3, -0.25) is 9.89 Å². The molecule has 0 radical (unpaired) electrons. The van der Waals surface area contributed by atoms with E-state index in [0.717, 1.165) is 34.8 Å². The maximum Gasteiger partial charge on any atom is 0.275 e. The van der Waals surface area contributed by atoms with Crippen molar-refractivity contribution in [2.45, 2.75) is 18.9 Å². The fourth-order valence-corrected chi connectivity index (χ4v) is 2.85. The van der Waals surface area contributed by atoms with Crippen LogP contribution in [0.25, 0.3) is 10.9 Å². The topological polar surface area (TPSA) is 75.0 Å². The van der Waals surface area contributed by atoms with Gasteiger partial charge in [0.2, 0.25) is 0 Å². The molecule has 1 aliphatic rings. The second kappa shape index (κ2) is 4.94. The average Bonchev–Trinajstić information content (AvgIpc) is 2.80. The van der Waals surface area contributed by atoms with Crippen LogP contribution in [0.3, 0.4) is 0 Å². The third-order valence-electron chi connectivity index (χ3n) is 3.47. The lowest BCUT2D eigenvalue weighted by atomic mass is 10.1. The monoisotopic (exact) mass is 322 g/mol. The van der Waals surface area contributed by atoms with Crippen LogP contribution >= 0.6 is 15.9 Å². The molecule has 2 heterocycles. The number of halogens is 1. The first-order valence-corrected chi connectivity index (χ1v) is 7.13. The van der Waals surface area contributed by atoms with Crippen LogP contribution in [-0.2, 0) is 0 Å². The van der Waals surface area contributed by atoms with E-state index in [-0.39, 0.29) is 11.9 Å². The highest BCUT2D eigenvalue weighted by atomic mass is 79.9. The third-order valence-corrected chi connectivity index (χ3v) is 3.97. The normalized spacial score (nSPS) is 19.9. The molecule has 0 bridgehead atoms. The van der Waals surface area contributed by atoms with Gasteiger partial charge in [0.05, 0.1) is 5.52 Å². The molecular weight excluding hydrogens is 308 g/mol. The van der Waals surface area contributed by atoms with Crippen LogP contribution in [0.1, 0.15) is 23.3 Å². The highest BCUT2D eigenvalue weighted by molar-refractivity contribution is 9.10. The first-order chi connectivity index (χ1) is 9.15. The fourth-order valence-electron chi connectivity index (χ4n) is 2.49. The Kier molecular flexibility index (Phi) is 3.28. The summed E-state index contributed by atoms with van der Waals surface area (Å²) in [7, 11) is 0. The van der Waals surface area contributed by atoms with Gasteiger partial charge >= 0.3 is 0 Å². The van der Waals surface area contributed by atoms with Gasteiger partial charge < -0.3 is 10.6 Å². The summed E-state index contributed by atoms with van der Waals surface area (Å²) in [5.74, 6) is -0.0421. The van der Waals surface area contributed by atoms with Crippen molar-refractivity contribution in [3.05, 3.63) is 28.4 Å². The molecule has 1 saturated heterocycles. The van der Waals surface area contributed by atoms with Crippen LogP contribution in [0.4, 0.5) is 0 Å². The van der Waals surface area contributed by atoms with E-state index in [4.69, 9.17) is 5.73 Å². The zero-order chi connectivity index (χ0) is 13.4. The van der Waals surface area contributed by atoms with Gasteiger partial charge in [-0.15, -0.1) is 0 Å². The molecule has 0 saturated carbocycles. The number of hydrogen-bond donors (Lipinski definition) is 2. The number of hydrogen-bond acceptors (Lipinski definition) is 3. The number of carbonyl (C=O) groups is 1. The number of nitrogens with zero attached hydrogens (tertiary/aromatic N) is 2. The second-order valence-corrected chi connectivity index (χ2v) is 5.83. The fraction of sp³-hybridized carbons (Fsp3) is 0.385. The van der Waals surface area contributed by atoms with Crippen LogP contribution in [0.5, 0.6) is 0 Å². The van der Waals surface area contributed by atoms with Gasteiger partial charge in [0, 0.05) is 29.0 Å². The molecule has 0 aliphatic carbocycles. The van der Waals surface area contributed by atoms with Gasteiger partial charge in [0.1, 0.15) is 0 Å². The van der Waals surface area contributed by atoms with Gasteiger partial charge in [-0.2, -0.15) is 5.10 Å². The van der Waals surface area contributed by atoms with Crippen LogP contribution in [0.15, 0.2) is 22.7 Å². The first kappa shape index (κ1) is 12.6. The average molecular weight is 323 g/mol. The number of nitrogens with two attached hydrogens (primary N) is 1. The minimum absolute atomic E-state index is 0.0421. The molecule has 1 aliphatic heterocycles. The molecule has 1 aromatic heterocycles. The standard InChI is InChI=1S/C13H15BrN4O/c14-8-3-4-11-10(6-8)12(17-16-11)13(19)18-5-1-2-9(15)7-18/h3-4,6,9H,1-2,5,7,15H2,(H,16,17)/t9-/m1/s1. The smallest absolute Gasteiger partial charge is 0.275 e. The van der Waals surface area contributed by atoms with E-state index in [1.807, 2.05) is 18.2 Å². The van der Waals surface area contributed by atoms with Crippen molar-refractivity contribution in [1.29, 1.82) is 0 Å². The molecule has 100 valence electrons. The summed E-state index contributed by atoms with van der Waals surface area (Å²) in [6.07, 6.45) is 1.94. The molecule has 1 fully saturated rings. The van der Waals surface area contributed by atoms with E-state index >= 15 is 0 Å². The Labute approximate surface area is 119 Å². The van der Waals surface area contributed by atoms with Crippen molar-refractivity contribution in [2.75, 3.05) is 13.1 Å². The molecule has 3 rings (SSSR count). The number of fused-ring (bicyclic) bond motifs is 1. The van der Waals surface area contributed by atoms with Crippen molar-refractivity contribution in [2.24, 2.45) is 5.73 Å². The number of aromatic nitrogens is 2. The van der Waals surface area contributed by atoms with Gasteiger partial charge in [-0.25, -0.2) is 0 Å². The third kappa shape index (κ3) is 2.37. The summed E-state index contributed by atoms with van der Waals surface area (Å²) in [5.41, 5.74) is 7.27. The quantitative estimate of drug-likeness (QED) is 0.841. The molecule has 2 aromatic rings. The molecule has 6 heteroatoms. The molecule has 5 nitrogen and oxygen atoms in total. The van der Waals surface area contributed by atoms with Gasteiger partial charge in [-0.05, 0) is 31.0 Å². The highest BCUT2D eigenvalue weighted by Crippen LogP contribution is 2.23. The van der Waals surface area contributed by atoms with Gasteiger partial charge in [0.15, 0.2) is 5.69 Å². The molecular formula is C13H15BrN4O. The summed E-state index contributed by atoms with van der Waals surface area (Å²) < 4.78 is 0.936. The first-order valence-electron chi connectivity index (χ1n) is 6.33. The summed E-state index contributed by atoms with van der Waals surface area (Å²) in [5, 5.41) is 7.90. The van der Waals surface area contributed by atoms with Gasteiger partial charge in [-0.1, -0.05) is 15.9 Å². The Hall–Kier alpha value is -1.40. The molecule has 1 aromatic carbocycles. The van der Waals surface area contributed by atoms with E-state index in [2.05, 4.69) is 26.1 Å². The summed E-state index contributed by atoms with van der Waals surface area (Å²) in [6.45, 7) is 1.37. The molecule has 0 unspecified atom stereocenters. The predicted molar refractivity (Wildman–Crippen MR) is 76.9 cm³/mol. The van der Waals surface area contributed by atoms with E-state index in [0.29, 0.717) is 12.2 Å². The van der Waals surface area contributed by atoms with E-state index in [1.54, 1.807) is 4.90 Å². The number of rotatable bonds is 1. The largest absolute Gasteiger partial charge is 0.336 e. The summed E-state index contributed by atoms with van der Waals surface area (Å²) in [4.78, 5) is 14.3. The number of piperidine rings is 1. The van der Waals surface area contributed by atoms with Crippen molar-refractivity contribution < 1.29 is 4.79 Å². The van der Waals surface area contributed by atoms with Gasteiger partial charge in [0.25, 0.3) is 5.91 Å². The lowest BCUT2D eigenvalue weighted by molar-refractivity contribution is 0.0705. The predicted octanol–water partition coefficient (Wildman–Crippen LogP) is 1.89. The number of carbonyl (C=O) groups excluding carboxylic acids is 1. The number of likely N-dealkylation sites (tertiary alicyclic amines) is 1. The lowest BCUT2D eigenvalue weighted by Crippen LogP contribution is -2.45. The zero-order valence-electron chi connectivity index (χ0n) is 10.4. The number of H-pyrrole nitrogens is 1. The number of benzene rings is 1. The Balaban J connectivity index is 1.95. The Morgan fingerprint density at radius 3 is 3.16 bits per heavy atom. The van der Waals surface area contributed by atoms with Crippen molar-refractivity contribution >= 4 is 32.7 Å². The van der Waals surface area contributed by atoms with E-state index < -0.39 is 0 Å². The summed E-state index contributed by atoms with van der Waals surface area (Å²) in [6, 6.07) is 5.82. The number of amides is 1. The van der Waals surface area contributed by atoms with E-state index in [9.17, 15) is 4.79 Å². The maximum absolute atomic E-state index is 12.5. The Morgan fingerprint density at radius 2 is 2.37 bits per heavy atom. The Bertz CT molecular complexity index is 624. The Morgan fingerprint density at radius 1 is 1.53 bits per heavy atom. The highest BCUT2D eigenvalue weighted by Gasteiger charge is 2.25. The van der Waals surface area contributed by atoms with Crippen LogP contribution in [0.2, 0.25) is 0 Å². The second-order valence-electron chi connectivity index (χ2n) is 4.92. The van der Waals surface area contributed by atoms with E-state index in [1.165, 1.54) is 0 Å². The lowest BCUT2D eigenvalue weighted by Gasteiger charge is -2.30. The number of nitrogens with one attached hydrogen (secondary N) is 1. The minimum Gasteiger partial charge on any atom is -0.336 e. The summed E-state index contributed by atoms with van der Waals surface area (Å²) >= 11 is 3.42. The minimum atomic E-state index is -0.0421. The van der Waals surface area contributed by atoms with Crippen molar-refractivity contribution in [3.8, 4) is 0 Å².